The molecular formula is C16H18O4. The first-order chi connectivity index (χ1) is 9.49. The topological polar surface area (TPSA) is 48.7 Å². The van der Waals surface area contributed by atoms with Gasteiger partial charge in [0.25, 0.3) is 0 Å². The lowest BCUT2D eigenvalue weighted by Crippen LogP contribution is -2.06. The Bertz CT molecular complexity index is 653. The van der Waals surface area contributed by atoms with Gasteiger partial charge in [-0.2, -0.15) is 0 Å². The van der Waals surface area contributed by atoms with Crippen LogP contribution in [0.5, 0.6) is 11.5 Å². The number of aryl methyl sites for hydroxylation is 2. The molecule has 0 spiro atoms. The van der Waals surface area contributed by atoms with Crippen molar-refractivity contribution in [3.63, 3.8) is 0 Å². The Balaban J connectivity index is 2.53. The molecule has 0 bridgehead atoms. The van der Waals surface area contributed by atoms with Crippen molar-refractivity contribution in [2.45, 2.75) is 20.8 Å². The zero-order valence-corrected chi connectivity index (χ0v) is 12.4. The summed E-state index contributed by atoms with van der Waals surface area (Å²) >= 11 is 0. The number of ether oxygens (including phenoxy) is 2. The zero-order chi connectivity index (χ0) is 14.9. The molecule has 0 aliphatic rings. The summed E-state index contributed by atoms with van der Waals surface area (Å²) in [5.41, 5.74) is 1.97. The molecular weight excluding hydrogens is 256 g/mol. The number of carbonyl (C=O) groups is 1. The molecule has 2 rings (SSSR count). The van der Waals surface area contributed by atoms with Crippen LogP contribution in [0.1, 0.15) is 33.0 Å². The van der Waals surface area contributed by atoms with Gasteiger partial charge in [-0.1, -0.05) is 0 Å². The monoisotopic (exact) mass is 274 g/mol. The van der Waals surface area contributed by atoms with Gasteiger partial charge >= 0.3 is 0 Å². The van der Waals surface area contributed by atoms with E-state index in [1.807, 2.05) is 13.8 Å². The number of furan rings is 1. The Morgan fingerprint density at radius 3 is 2.25 bits per heavy atom. The summed E-state index contributed by atoms with van der Waals surface area (Å²) in [6.07, 6.45) is 0. The third kappa shape index (κ3) is 2.29. The van der Waals surface area contributed by atoms with Gasteiger partial charge in [-0.25, -0.2) is 0 Å². The summed E-state index contributed by atoms with van der Waals surface area (Å²) in [7, 11) is 3.11. The number of methoxy groups -OCH3 is 2. The third-order valence-electron chi connectivity index (χ3n) is 3.44. The predicted molar refractivity (Wildman–Crippen MR) is 75.9 cm³/mol. The van der Waals surface area contributed by atoms with E-state index in [4.69, 9.17) is 13.9 Å². The second-order valence-electron chi connectivity index (χ2n) is 4.61. The molecule has 4 nitrogen and oxygen atoms in total. The Morgan fingerprint density at radius 2 is 1.75 bits per heavy atom. The summed E-state index contributed by atoms with van der Waals surface area (Å²) in [6.45, 7) is 5.53. The molecule has 106 valence electrons. The van der Waals surface area contributed by atoms with Crippen LogP contribution in [0, 0.1) is 20.8 Å². The standard InChI is InChI=1S/C16H18O4/c1-9-10(2)20-11(3)15(9)16(17)13-7-6-12(18-4)8-14(13)19-5/h6-8H,1-5H3. The van der Waals surface area contributed by atoms with E-state index in [2.05, 4.69) is 0 Å². The second-order valence-corrected chi connectivity index (χ2v) is 4.61. The summed E-state index contributed by atoms with van der Waals surface area (Å²) in [5.74, 6) is 2.43. The Hall–Kier alpha value is -2.23. The molecule has 0 unspecified atom stereocenters. The van der Waals surface area contributed by atoms with Crippen molar-refractivity contribution in [2.24, 2.45) is 0 Å². The largest absolute Gasteiger partial charge is 0.497 e. The molecule has 1 heterocycles. The van der Waals surface area contributed by atoms with E-state index in [0.717, 1.165) is 11.3 Å². The minimum Gasteiger partial charge on any atom is -0.497 e. The Labute approximate surface area is 118 Å². The van der Waals surface area contributed by atoms with Crippen molar-refractivity contribution in [2.75, 3.05) is 14.2 Å². The van der Waals surface area contributed by atoms with Gasteiger partial charge in [0.05, 0.1) is 25.3 Å². The molecule has 0 radical (unpaired) electrons. The van der Waals surface area contributed by atoms with Gasteiger partial charge in [0.2, 0.25) is 5.78 Å². The lowest BCUT2D eigenvalue weighted by atomic mass is 9.99. The molecule has 2 aromatic rings. The van der Waals surface area contributed by atoms with E-state index in [0.29, 0.717) is 28.4 Å². The van der Waals surface area contributed by atoms with Gasteiger partial charge in [-0.15, -0.1) is 0 Å². The fourth-order valence-corrected chi connectivity index (χ4v) is 2.25. The van der Waals surface area contributed by atoms with Crippen LogP contribution in [0.3, 0.4) is 0 Å². The van der Waals surface area contributed by atoms with Crippen LogP contribution in [0.15, 0.2) is 22.6 Å². The Morgan fingerprint density at radius 1 is 1.05 bits per heavy atom. The van der Waals surface area contributed by atoms with Crippen molar-refractivity contribution in [1.29, 1.82) is 0 Å². The quantitative estimate of drug-likeness (QED) is 0.801. The highest BCUT2D eigenvalue weighted by molar-refractivity contribution is 6.12. The van der Waals surface area contributed by atoms with Gasteiger partial charge in [0, 0.05) is 11.6 Å². The van der Waals surface area contributed by atoms with Crippen molar-refractivity contribution in [1.82, 2.24) is 0 Å². The maximum atomic E-state index is 12.7. The van der Waals surface area contributed by atoms with Crippen molar-refractivity contribution >= 4 is 5.78 Å². The molecule has 4 heteroatoms. The van der Waals surface area contributed by atoms with E-state index < -0.39 is 0 Å². The zero-order valence-electron chi connectivity index (χ0n) is 12.4. The number of benzene rings is 1. The van der Waals surface area contributed by atoms with Crippen molar-refractivity contribution in [3.8, 4) is 11.5 Å². The van der Waals surface area contributed by atoms with Crippen LogP contribution in [-0.4, -0.2) is 20.0 Å². The number of ketones is 1. The van der Waals surface area contributed by atoms with Gasteiger partial charge in [-0.05, 0) is 32.9 Å². The normalized spacial score (nSPS) is 10.4. The highest BCUT2D eigenvalue weighted by Crippen LogP contribution is 2.30. The van der Waals surface area contributed by atoms with Gasteiger partial charge in [-0.3, -0.25) is 4.79 Å². The van der Waals surface area contributed by atoms with E-state index in [1.165, 1.54) is 7.11 Å². The van der Waals surface area contributed by atoms with Crippen LogP contribution in [0.2, 0.25) is 0 Å². The van der Waals surface area contributed by atoms with Crippen LogP contribution >= 0.6 is 0 Å². The molecule has 0 atom stereocenters. The summed E-state index contributed by atoms with van der Waals surface area (Å²) in [6, 6.07) is 5.15. The van der Waals surface area contributed by atoms with Crippen LogP contribution in [0.25, 0.3) is 0 Å². The van der Waals surface area contributed by atoms with Gasteiger partial charge < -0.3 is 13.9 Å². The fraction of sp³-hybridized carbons (Fsp3) is 0.312. The number of rotatable bonds is 4. The molecule has 0 amide bonds. The van der Waals surface area contributed by atoms with Crippen LogP contribution in [0.4, 0.5) is 0 Å². The van der Waals surface area contributed by atoms with E-state index in [1.54, 1.807) is 32.2 Å². The number of hydrogen-bond donors (Lipinski definition) is 0. The first-order valence-electron chi connectivity index (χ1n) is 6.33. The highest BCUT2D eigenvalue weighted by atomic mass is 16.5. The number of hydrogen-bond acceptors (Lipinski definition) is 4. The Kier molecular flexibility index (Phi) is 3.84. The lowest BCUT2D eigenvalue weighted by Gasteiger charge is -2.09. The molecule has 0 N–H and O–H groups in total. The molecule has 0 aliphatic heterocycles. The van der Waals surface area contributed by atoms with E-state index >= 15 is 0 Å². The fourth-order valence-electron chi connectivity index (χ4n) is 2.25. The highest BCUT2D eigenvalue weighted by Gasteiger charge is 2.22. The molecule has 20 heavy (non-hydrogen) atoms. The van der Waals surface area contributed by atoms with Gasteiger partial charge in [0.1, 0.15) is 23.0 Å². The molecule has 0 saturated carbocycles. The average molecular weight is 274 g/mol. The maximum absolute atomic E-state index is 12.7. The van der Waals surface area contributed by atoms with Crippen molar-refractivity contribution < 1.29 is 18.7 Å². The molecule has 0 aliphatic carbocycles. The predicted octanol–water partition coefficient (Wildman–Crippen LogP) is 3.45. The first kappa shape index (κ1) is 14.2. The summed E-state index contributed by atoms with van der Waals surface area (Å²) < 4.78 is 15.9. The van der Waals surface area contributed by atoms with E-state index in [9.17, 15) is 4.79 Å². The van der Waals surface area contributed by atoms with Gasteiger partial charge in [0.15, 0.2) is 0 Å². The molecule has 0 saturated heterocycles. The maximum Gasteiger partial charge on any atom is 0.200 e. The molecule has 1 aromatic carbocycles. The van der Waals surface area contributed by atoms with Crippen LogP contribution in [-0.2, 0) is 0 Å². The summed E-state index contributed by atoms with van der Waals surface area (Å²) in [4.78, 5) is 12.7. The molecule has 0 fully saturated rings. The smallest absolute Gasteiger partial charge is 0.200 e. The first-order valence-corrected chi connectivity index (χ1v) is 6.33. The number of carbonyl (C=O) groups excluding carboxylic acids is 1. The SMILES string of the molecule is COc1ccc(C(=O)c2c(C)oc(C)c2C)c(OC)c1. The third-order valence-corrected chi connectivity index (χ3v) is 3.44. The lowest BCUT2D eigenvalue weighted by molar-refractivity contribution is 0.103. The second kappa shape index (κ2) is 5.41. The van der Waals surface area contributed by atoms with E-state index in [-0.39, 0.29) is 5.78 Å². The molecule has 1 aromatic heterocycles. The van der Waals surface area contributed by atoms with Crippen LogP contribution < -0.4 is 9.47 Å². The van der Waals surface area contributed by atoms with Crippen molar-refractivity contribution in [3.05, 3.63) is 46.4 Å². The average Bonchev–Trinajstić information content (AvgIpc) is 2.70. The minimum absolute atomic E-state index is 0.101. The summed E-state index contributed by atoms with van der Waals surface area (Å²) in [5, 5.41) is 0. The minimum atomic E-state index is -0.101.